The van der Waals surface area contributed by atoms with Crippen LogP contribution in [0.1, 0.15) is 6.92 Å². The van der Waals surface area contributed by atoms with Crippen LogP contribution in [0.15, 0.2) is 0 Å². The molecule has 0 aromatic carbocycles. The van der Waals surface area contributed by atoms with Crippen molar-refractivity contribution in [3.8, 4) is 0 Å². The molecule has 0 aromatic rings. The van der Waals surface area contributed by atoms with Gasteiger partial charge in [-0.25, -0.2) is 9.59 Å². The molecule has 0 aliphatic heterocycles. The maximum Gasteiger partial charge on any atom is 0.407 e. The summed E-state index contributed by atoms with van der Waals surface area (Å²) in [4.78, 5) is 32.4. The van der Waals surface area contributed by atoms with Gasteiger partial charge in [0.25, 0.3) is 0 Å². The van der Waals surface area contributed by atoms with Gasteiger partial charge in [-0.1, -0.05) is 21.6 Å². The van der Waals surface area contributed by atoms with Gasteiger partial charge in [0.1, 0.15) is 12.1 Å². The number of carbonyl (C=O) groups is 3. The molecule has 1 amide bonds. The number of ether oxygens (including phenoxy) is 1. The van der Waals surface area contributed by atoms with Crippen molar-refractivity contribution in [1.29, 1.82) is 0 Å². The summed E-state index contributed by atoms with van der Waals surface area (Å²) in [6, 6.07) is -2.10. The molecular formula is C9H17ClN2O6S2. The standard InChI is InChI=1S/C9H16N2O6S2.ClH/c1-2-17-9(16)11-6(8(14)15)4-19-18-3-5(10)7(12)13;/h5-6H,2-4,10H2,1H3,(H,11,16)(H,12,13)(H,14,15);1H/t5-,6-;/m0./s1. The molecule has 2 atom stereocenters. The molecule has 0 unspecified atom stereocenters. The first-order valence-electron chi connectivity index (χ1n) is 5.27. The van der Waals surface area contributed by atoms with Gasteiger partial charge in [0.15, 0.2) is 0 Å². The number of nitrogens with two attached hydrogens (primary N) is 1. The number of rotatable bonds is 9. The average molecular weight is 349 g/mol. The van der Waals surface area contributed by atoms with Crippen LogP contribution < -0.4 is 11.1 Å². The van der Waals surface area contributed by atoms with Crippen molar-refractivity contribution in [2.24, 2.45) is 5.73 Å². The van der Waals surface area contributed by atoms with Crippen LogP contribution in [-0.4, -0.2) is 58.4 Å². The molecule has 0 radical (unpaired) electrons. The van der Waals surface area contributed by atoms with Gasteiger partial charge in [0.05, 0.1) is 6.61 Å². The highest BCUT2D eigenvalue weighted by Gasteiger charge is 2.21. The molecule has 0 fully saturated rings. The van der Waals surface area contributed by atoms with Gasteiger partial charge in [-0.05, 0) is 6.92 Å². The molecule has 5 N–H and O–H groups in total. The fraction of sp³-hybridized carbons (Fsp3) is 0.667. The molecule has 0 saturated carbocycles. The molecule has 11 heteroatoms. The lowest BCUT2D eigenvalue weighted by molar-refractivity contribution is -0.139. The lowest BCUT2D eigenvalue weighted by Gasteiger charge is -2.13. The quantitative estimate of drug-likeness (QED) is 0.344. The number of carboxylic acids is 2. The van der Waals surface area contributed by atoms with Crippen molar-refractivity contribution in [2.75, 3.05) is 18.1 Å². The number of amides is 1. The van der Waals surface area contributed by atoms with E-state index in [1.165, 1.54) is 0 Å². The topological polar surface area (TPSA) is 139 Å². The van der Waals surface area contributed by atoms with E-state index >= 15 is 0 Å². The van der Waals surface area contributed by atoms with Gasteiger partial charge in [-0.3, -0.25) is 4.79 Å². The van der Waals surface area contributed by atoms with E-state index in [1.807, 2.05) is 0 Å². The number of carbonyl (C=O) groups excluding carboxylic acids is 1. The fourth-order valence-corrected chi connectivity index (χ4v) is 3.07. The number of aliphatic carboxylic acids is 2. The Morgan fingerprint density at radius 2 is 1.75 bits per heavy atom. The maximum atomic E-state index is 11.1. The maximum absolute atomic E-state index is 11.1. The van der Waals surface area contributed by atoms with Gasteiger partial charge in [0, 0.05) is 11.5 Å². The van der Waals surface area contributed by atoms with Gasteiger partial charge in [-0.15, -0.1) is 12.4 Å². The molecule has 0 aromatic heterocycles. The summed E-state index contributed by atoms with van der Waals surface area (Å²) in [5.74, 6) is -2.09. The summed E-state index contributed by atoms with van der Waals surface area (Å²) < 4.78 is 4.57. The molecule has 0 saturated heterocycles. The van der Waals surface area contributed by atoms with Crippen LogP contribution in [0.5, 0.6) is 0 Å². The highest BCUT2D eigenvalue weighted by Crippen LogP contribution is 2.22. The van der Waals surface area contributed by atoms with Crippen LogP contribution >= 0.6 is 34.0 Å². The SMILES string of the molecule is CCOC(=O)N[C@@H](CSSC[C@H](N)C(=O)O)C(=O)O.Cl. The minimum atomic E-state index is -1.19. The molecule has 20 heavy (non-hydrogen) atoms. The van der Waals surface area contributed by atoms with Crippen LogP contribution in [0, 0.1) is 0 Å². The highest BCUT2D eigenvalue weighted by molar-refractivity contribution is 8.76. The molecule has 0 aliphatic rings. The first-order valence-corrected chi connectivity index (χ1v) is 7.76. The van der Waals surface area contributed by atoms with Gasteiger partial charge in [0.2, 0.25) is 0 Å². The van der Waals surface area contributed by atoms with E-state index in [-0.39, 0.29) is 30.5 Å². The number of carboxylic acid groups (broad SMARTS) is 2. The van der Waals surface area contributed by atoms with Crippen molar-refractivity contribution < 1.29 is 29.3 Å². The third-order valence-electron chi connectivity index (χ3n) is 1.75. The third kappa shape index (κ3) is 10.0. The minimum absolute atomic E-state index is 0. The predicted molar refractivity (Wildman–Crippen MR) is 79.4 cm³/mol. The summed E-state index contributed by atoms with van der Waals surface area (Å²) in [6.07, 6.45) is -0.803. The Morgan fingerprint density at radius 3 is 2.20 bits per heavy atom. The van der Waals surface area contributed by atoms with Crippen LogP contribution in [0.2, 0.25) is 0 Å². The van der Waals surface area contributed by atoms with E-state index in [1.54, 1.807) is 6.92 Å². The van der Waals surface area contributed by atoms with Gasteiger partial charge in [-0.2, -0.15) is 0 Å². The number of hydrogen-bond donors (Lipinski definition) is 4. The normalized spacial score (nSPS) is 12.7. The Bertz CT molecular complexity index is 334. The van der Waals surface area contributed by atoms with Crippen LogP contribution in [-0.2, 0) is 14.3 Å². The molecular weight excluding hydrogens is 332 g/mol. The Labute approximate surface area is 130 Å². The van der Waals surface area contributed by atoms with Crippen LogP contribution in [0.3, 0.4) is 0 Å². The molecule has 0 aliphatic carbocycles. The lowest BCUT2D eigenvalue weighted by Crippen LogP contribution is -2.42. The molecule has 0 bridgehead atoms. The lowest BCUT2D eigenvalue weighted by atomic mass is 10.3. The van der Waals surface area contributed by atoms with Crippen molar-refractivity contribution in [3.05, 3.63) is 0 Å². The van der Waals surface area contributed by atoms with E-state index in [0.29, 0.717) is 0 Å². The number of nitrogens with one attached hydrogen (secondary N) is 1. The zero-order chi connectivity index (χ0) is 14.8. The number of hydrogen-bond acceptors (Lipinski definition) is 7. The molecule has 8 nitrogen and oxygen atoms in total. The first kappa shape index (κ1) is 21.5. The van der Waals surface area contributed by atoms with Crippen molar-refractivity contribution in [2.45, 2.75) is 19.0 Å². The summed E-state index contributed by atoms with van der Waals surface area (Å²) in [5, 5.41) is 19.6. The summed E-state index contributed by atoms with van der Waals surface area (Å²) in [6.45, 7) is 1.75. The zero-order valence-electron chi connectivity index (χ0n) is 10.6. The van der Waals surface area contributed by atoms with Crippen molar-refractivity contribution in [1.82, 2.24) is 5.32 Å². The molecule has 0 spiro atoms. The van der Waals surface area contributed by atoms with E-state index in [4.69, 9.17) is 15.9 Å². The van der Waals surface area contributed by atoms with Gasteiger partial charge < -0.3 is 26.0 Å². The summed E-state index contributed by atoms with van der Waals surface area (Å²) in [5.41, 5.74) is 5.27. The van der Waals surface area contributed by atoms with Crippen LogP contribution in [0.25, 0.3) is 0 Å². The zero-order valence-corrected chi connectivity index (χ0v) is 13.1. The summed E-state index contributed by atoms with van der Waals surface area (Å²) >= 11 is 0. The first-order chi connectivity index (χ1) is 8.88. The Morgan fingerprint density at radius 1 is 1.20 bits per heavy atom. The molecule has 0 rings (SSSR count). The second-order valence-electron chi connectivity index (χ2n) is 3.27. The fourth-order valence-electron chi connectivity index (χ4n) is 0.799. The predicted octanol–water partition coefficient (Wildman–Crippen LogP) is 0.401. The van der Waals surface area contributed by atoms with Gasteiger partial charge >= 0.3 is 18.0 Å². The average Bonchev–Trinajstić information content (AvgIpc) is 2.32. The van der Waals surface area contributed by atoms with Crippen LogP contribution in [0.4, 0.5) is 4.79 Å². The highest BCUT2D eigenvalue weighted by atomic mass is 35.5. The minimum Gasteiger partial charge on any atom is -0.480 e. The third-order valence-corrected chi connectivity index (χ3v) is 4.20. The second-order valence-corrected chi connectivity index (χ2v) is 5.82. The smallest absolute Gasteiger partial charge is 0.407 e. The largest absolute Gasteiger partial charge is 0.480 e. The summed E-state index contributed by atoms with van der Waals surface area (Å²) in [7, 11) is 2.25. The molecule has 0 heterocycles. The van der Waals surface area contributed by atoms with E-state index < -0.39 is 30.1 Å². The number of halogens is 1. The Kier molecular flexibility index (Phi) is 12.8. The van der Waals surface area contributed by atoms with E-state index in [9.17, 15) is 14.4 Å². The Hall–Kier alpha value is -0.840. The second kappa shape index (κ2) is 11.9. The monoisotopic (exact) mass is 348 g/mol. The van der Waals surface area contributed by atoms with E-state index in [2.05, 4.69) is 10.1 Å². The number of alkyl carbamates (subject to hydrolysis) is 1. The van der Waals surface area contributed by atoms with Crippen molar-refractivity contribution in [3.63, 3.8) is 0 Å². The Balaban J connectivity index is 0. The molecule has 118 valence electrons. The van der Waals surface area contributed by atoms with Crippen molar-refractivity contribution >= 4 is 52.0 Å². The van der Waals surface area contributed by atoms with E-state index in [0.717, 1.165) is 21.6 Å².